The van der Waals surface area contributed by atoms with Gasteiger partial charge >= 0.3 is 6.03 Å². The minimum absolute atomic E-state index is 0.00329. The second-order valence-corrected chi connectivity index (χ2v) is 6.25. The highest BCUT2D eigenvalue weighted by molar-refractivity contribution is 5.89. The SMILES string of the molecule is COCCOc1ccc(NC(=O)N2CCC[C@H]3CCC[C@H]32)cn1. The number of carbonyl (C=O) groups excluding carboxylic acids is 1. The number of hydrogen-bond donors (Lipinski definition) is 1. The van der Waals surface area contributed by atoms with Crippen LogP contribution in [0.5, 0.6) is 5.88 Å². The van der Waals surface area contributed by atoms with E-state index >= 15 is 0 Å². The summed E-state index contributed by atoms with van der Waals surface area (Å²) in [5, 5.41) is 2.96. The third kappa shape index (κ3) is 3.93. The fourth-order valence-electron chi connectivity index (χ4n) is 3.67. The molecule has 1 N–H and O–H groups in total. The molecule has 3 rings (SSSR count). The summed E-state index contributed by atoms with van der Waals surface area (Å²) >= 11 is 0. The van der Waals surface area contributed by atoms with E-state index in [4.69, 9.17) is 9.47 Å². The average molecular weight is 319 g/mol. The molecule has 2 amide bonds. The Morgan fingerprint density at radius 2 is 2.17 bits per heavy atom. The molecule has 1 saturated carbocycles. The van der Waals surface area contributed by atoms with Gasteiger partial charge in [0.2, 0.25) is 5.88 Å². The van der Waals surface area contributed by atoms with Crippen LogP contribution < -0.4 is 10.1 Å². The molecular weight excluding hydrogens is 294 g/mol. The van der Waals surface area contributed by atoms with Crippen LogP contribution in [0.25, 0.3) is 0 Å². The van der Waals surface area contributed by atoms with Gasteiger partial charge in [-0.1, -0.05) is 6.42 Å². The van der Waals surface area contributed by atoms with E-state index in [9.17, 15) is 4.79 Å². The summed E-state index contributed by atoms with van der Waals surface area (Å²) in [5.41, 5.74) is 0.703. The van der Waals surface area contributed by atoms with Gasteiger partial charge in [-0.2, -0.15) is 0 Å². The Morgan fingerprint density at radius 3 is 2.96 bits per heavy atom. The van der Waals surface area contributed by atoms with E-state index in [0.717, 1.165) is 19.4 Å². The monoisotopic (exact) mass is 319 g/mol. The van der Waals surface area contributed by atoms with Gasteiger partial charge in [-0.3, -0.25) is 0 Å². The third-order valence-corrected chi connectivity index (χ3v) is 4.78. The first-order valence-corrected chi connectivity index (χ1v) is 8.43. The van der Waals surface area contributed by atoms with E-state index in [0.29, 0.717) is 36.7 Å². The summed E-state index contributed by atoms with van der Waals surface area (Å²) in [7, 11) is 1.63. The lowest BCUT2D eigenvalue weighted by atomic mass is 9.92. The third-order valence-electron chi connectivity index (χ3n) is 4.78. The number of urea groups is 1. The highest BCUT2D eigenvalue weighted by Crippen LogP contribution is 2.36. The number of amides is 2. The predicted octanol–water partition coefficient (Wildman–Crippen LogP) is 2.90. The van der Waals surface area contributed by atoms with E-state index in [2.05, 4.69) is 10.3 Å². The largest absolute Gasteiger partial charge is 0.475 e. The molecule has 1 saturated heterocycles. The number of methoxy groups -OCH3 is 1. The van der Waals surface area contributed by atoms with Gasteiger partial charge in [0, 0.05) is 25.8 Å². The van der Waals surface area contributed by atoms with Crippen molar-refractivity contribution in [3.8, 4) is 5.88 Å². The molecule has 0 radical (unpaired) electrons. The molecule has 2 heterocycles. The van der Waals surface area contributed by atoms with E-state index in [1.807, 2.05) is 11.0 Å². The molecule has 0 aromatic carbocycles. The normalized spacial score (nSPS) is 23.4. The highest BCUT2D eigenvalue weighted by atomic mass is 16.5. The number of rotatable bonds is 5. The van der Waals surface area contributed by atoms with Crippen LogP contribution >= 0.6 is 0 Å². The van der Waals surface area contributed by atoms with Crippen LogP contribution in [0.2, 0.25) is 0 Å². The maximum absolute atomic E-state index is 12.5. The number of pyridine rings is 1. The Morgan fingerprint density at radius 1 is 1.30 bits per heavy atom. The fraction of sp³-hybridized carbons (Fsp3) is 0.647. The number of nitrogens with zero attached hydrogens (tertiary/aromatic N) is 2. The van der Waals surface area contributed by atoms with Crippen LogP contribution in [0.3, 0.4) is 0 Å². The minimum atomic E-state index is -0.00329. The summed E-state index contributed by atoms with van der Waals surface area (Å²) in [6, 6.07) is 4.01. The molecule has 6 heteroatoms. The first-order valence-electron chi connectivity index (χ1n) is 8.43. The molecule has 23 heavy (non-hydrogen) atoms. The molecule has 1 aliphatic heterocycles. The maximum Gasteiger partial charge on any atom is 0.322 e. The zero-order chi connectivity index (χ0) is 16.1. The van der Waals surface area contributed by atoms with Crippen molar-refractivity contribution in [1.82, 2.24) is 9.88 Å². The van der Waals surface area contributed by atoms with Gasteiger partial charge in [0.25, 0.3) is 0 Å². The number of anilines is 1. The lowest BCUT2D eigenvalue weighted by molar-refractivity contribution is 0.138. The number of hydrogen-bond acceptors (Lipinski definition) is 4. The van der Waals surface area contributed by atoms with Gasteiger partial charge in [0.1, 0.15) is 6.61 Å². The molecule has 6 nitrogen and oxygen atoms in total. The van der Waals surface area contributed by atoms with Crippen molar-refractivity contribution in [3.63, 3.8) is 0 Å². The number of likely N-dealkylation sites (tertiary alicyclic amines) is 1. The van der Waals surface area contributed by atoms with Gasteiger partial charge in [-0.15, -0.1) is 0 Å². The Hall–Kier alpha value is -1.82. The summed E-state index contributed by atoms with van der Waals surface area (Å²) in [6.45, 7) is 1.85. The summed E-state index contributed by atoms with van der Waals surface area (Å²) in [4.78, 5) is 18.8. The summed E-state index contributed by atoms with van der Waals surface area (Å²) in [6.07, 6.45) is 7.67. The van der Waals surface area contributed by atoms with Crippen LogP contribution in [0.15, 0.2) is 18.3 Å². The van der Waals surface area contributed by atoms with Gasteiger partial charge in [0.15, 0.2) is 0 Å². The minimum Gasteiger partial charge on any atom is -0.475 e. The van der Waals surface area contributed by atoms with Crippen molar-refractivity contribution in [1.29, 1.82) is 0 Å². The summed E-state index contributed by atoms with van der Waals surface area (Å²) < 4.78 is 10.3. The molecule has 1 aromatic rings. The predicted molar refractivity (Wildman–Crippen MR) is 87.7 cm³/mol. The number of ether oxygens (including phenoxy) is 2. The lowest BCUT2D eigenvalue weighted by Gasteiger charge is -2.37. The van der Waals surface area contributed by atoms with Gasteiger partial charge in [0.05, 0.1) is 18.5 Å². The number of aromatic nitrogens is 1. The Labute approximate surface area is 137 Å². The Kier molecular flexibility index (Phi) is 5.33. The molecule has 126 valence electrons. The summed E-state index contributed by atoms with van der Waals surface area (Å²) in [5.74, 6) is 1.23. The van der Waals surface area contributed by atoms with Crippen LogP contribution in [0, 0.1) is 5.92 Å². The van der Waals surface area contributed by atoms with E-state index in [1.54, 1.807) is 19.4 Å². The van der Waals surface area contributed by atoms with Crippen molar-refractivity contribution in [2.45, 2.75) is 38.1 Å². The van der Waals surface area contributed by atoms with Crippen LogP contribution in [0.4, 0.5) is 10.5 Å². The first kappa shape index (κ1) is 16.1. The second-order valence-electron chi connectivity index (χ2n) is 6.25. The number of fused-ring (bicyclic) bond motifs is 1. The maximum atomic E-state index is 12.5. The van der Waals surface area contributed by atoms with E-state index in [1.165, 1.54) is 19.3 Å². The zero-order valence-electron chi connectivity index (χ0n) is 13.7. The fourth-order valence-corrected chi connectivity index (χ4v) is 3.67. The van der Waals surface area contributed by atoms with Crippen molar-refractivity contribution in [2.24, 2.45) is 5.92 Å². The van der Waals surface area contributed by atoms with Gasteiger partial charge < -0.3 is 19.7 Å². The van der Waals surface area contributed by atoms with E-state index in [-0.39, 0.29) is 6.03 Å². The van der Waals surface area contributed by atoms with Crippen molar-refractivity contribution >= 4 is 11.7 Å². The van der Waals surface area contributed by atoms with Crippen molar-refractivity contribution < 1.29 is 14.3 Å². The zero-order valence-corrected chi connectivity index (χ0v) is 13.7. The molecule has 1 aliphatic carbocycles. The van der Waals surface area contributed by atoms with E-state index < -0.39 is 0 Å². The number of piperidine rings is 1. The Balaban J connectivity index is 1.55. The van der Waals surface area contributed by atoms with Crippen LogP contribution in [-0.4, -0.2) is 48.8 Å². The topological polar surface area (TPSA) is 63.7 Å². The molecule has 2 aliphatic rings. The van der Waals surface area contributed by atoms with Gasteiger partial charge in [-0.05, 0) is 37.7 Å². The molecule has 0 bridgehead atoms. The first-order chi connectivity index (χ1) is 11.3. The molecule has 0 unspecified atom stereocenters. The molecular formula is C17H25N3O3. The average Bonchev–Trinajstić information content (AvgIpc) is 3.05. The van der Waals surface area contributed by atoms with Crippen molar-refractivity contribution in [2.75, 3.05) is 32.2 Å². The lowest BCUT2D eigenvalue weighted by Crippen LogP contribution is -2.48. The number of carbonyl (C=O) groups is 1. The Bertz CT molecular complexity index is 520. The molecule has 2 fully saturated rings. The van der Waals surface area contributed by atoms with Crippen molar-refractivity contribution in [3.05, 3.63) is 18.3 Å². The van der Waals surface area contributed by atoms with Crippen LogP contribution in [0.1, 0.15) is 32.1 Å². The molecule has 2 atom stereocenters. The van der Waals surface area contributed by atoms with Crippen LogP contribution in [-0.2, 0) is 4.74 Å². The second kappa shape index (κ2) is 7.64. The molecule has 1 aromatic heterocycles. The van der Waals surface area contributed by atoms with Gasteiger partial charge in [-0.25, -0.2) is 9.78 Å². The number of nitrogens with one attached hydrogen (secondary N) is 1. The standard InChI is InChI=1S/C17H25N3O3/c1-22-10-11-23-16-8-7-14(12-18-16)19-17(21)20-9-3-5-13-4-2-6-15(13)20/h7-8,12-13,15H,2-6,9-11H2,1H3,(H,19,21)/t13-,15-/m1/s1. The smallest absolute Gasteiger partial charge is 0.322 e. The molecule has 0 spiro atoms. The quantitative estimate of drug-likeness (QED) is 0.848. The highest BCUT2D eigenvalue weighted by Gasteiger charge is 2.37.